The molecule has 0 aliphatic rings. The summed E-state index contributed by atoms with van der Waals surface area (Å²) in [6.07, 6.45) is 1.37. The van der Waals surface area contributed by atoms with Gasteiger partial charge in [0.15, 0.2) is 0 Å². The first-order valence-corrected chi connectivity index (χ1v) is 5.52. The number of halogens is 1. The number of aromatic nitrogens is 1. The summed E-state index contributed by atoms with van der Waals surface area (Å²) in [6, 6.07) is 8.68. The number of para-hydroxylation sites is 1. The van der Waals surface area contributed by atoms with Crippen LogP contribution in [0.1, 0.15) is 10.4 Å². The maximum atomic E-state index is 11.2. The molecule has 1 heterocycles. The molecule has 1 aromatic carbocycles. The van der Waals surface area contributed by atoms with Crippen LogP contribution in [0.15, 0.2) is 36.5 Å². The van der Waals surface area contributed by atoms with Crippen molar-refractivity contribution in [2.24, 2.45) is 5.73 Å². The van der Waals surface area contributed by atoms with Crippen molar-refractivity contribution in [2.45, 2.75) is 0 Å². The molecule has 0 aliphatic carbocycles. The second-order valence-corrected chi connectivity index (χ2v) is 4.03. The molecule has 0 spiro atoms. The van der Waals surface area contributed by atoms with E-state index in [1.807, 2.05) is 12.1 Å². The number of anilines is 3. The van der Waals surface area contributed by atoms with Crippen LogP contribution < -0.4 is 16.8 Å². The first kappa shape index (κ1) is 12.2. The van der Waals surface area contributed by atoms with Gasteiger partial charge in [-0.3, -0.25) is 4.79 Å². The van der Waals surface area contributed by atoms with E-state index >= 15 is 0 Å². The molecule has 2 aromatic rings. The zero-order chi connectivity index (χ0) is 13.1. The fourth-order valence-corrected chi connectivity index (χ4v) is 1.63. The van der Waals surface area contributed by atoms with Gasteiger partial charge < -0.3 is 16.8 Å². The van der Waals surface area contributed by atoms with Crippen LogP contribution in [0, 0.1) is 0 Å². The highest BCUT2D eigenvalue weighted by Crippen LogP contribution is 2.25. The number of primary amides is 1. The number of rotatable bonds is 3. The van der Waals surface area contributed by atoms with Gasteiger partial charge in [-0.1, -0.05) is 23.7 Å². The van der Waals surface area contributed by atoms with Gasteiger partial charge in [0.25, 0.3) is 5.91 Å². The van der Waals surface area contributed by atoms with Gasteiger partial charge in [-0.2, -0.15) is 0 Å². The normalized spacial score (nSPS) is 10.1. The van der Waals surface area contributed by atoms with Crippen molar-refractivity contribution in [3.63, 3.8) is 0 Å². The van der Waals surface area contributed by atoms with E-state index in [1.165, 1.54) is 12.3 Å². The number of hydrogen-bond donors (Lipinski definition) is 3. The quantitative estimate of drug-likeness (QED) is 0.790. The Hall–Kier alpha value is -2.27. The SMILES string of the molecule is NC(=O)c1cc(Nc2ccccc2Cl)ncc1N. The Morgan fingerprint density at radius 2 is 2.06 bits per heavy atom. The zero-order valence-electron chi connectivity index (χ0n) is 9.35. The van der Waals surface area contributed by atoms with Crippen molar-refractivity contribution < 1.29 is 4.79 Å². The van der Waals surface area contributed by atoms with Crippen LogP contribution in [0.2, 0.25) is 5.02 Å². The van der Waals surface area contributed by atoms with Crippen molar-refractivity contribution >= 4 is 34.7 Å². The third kappa shape index (κ3) is 2.52. The average Bonchev–Trinajstić information content (AvgIpc) is 2.34. The van der Waals surface area contributed by atoms with E-state index in [2.05, 4.69) is 10.3 Å². The Morgan fingerprint density at radius 3 is 2.72 bits per heavy atom. The topological polar surface area (TPSA) is 94.0 Å². The first-order chi connectivity index (χ1) is 8.58. The van der Waals surface area contributed by atoms with Gasteiger partial charge in [0.05, 0.1) is 28.2 Å². The monoisotopic (exact) mass is 262 g/mol. The highest BCUT2D eigenvalue weighted by Gasteiger charge is 2.08. The summed E-state index contributed by atoms with van der Waals surface area (Å²) in [6.45, 7) is 0. The molecule has 5 N–H and O–H groups in total. The van der Waals surface area contributed by atoms with Crippen LogP contribution in [-0.4, -0.2) is 10.9 Å². The van der Waals surface area contributed by atoms with Gasteiger partial charge in [0.1, 0.15) is 5.82 Å². The van der Waals surface area contributed by atoms with Gasteiger partial charge in [-0.05, 0) is 18.2 Å². The van der Waals surface area contributed by atoms with Gasteiger partial charge in [0.2, 0.25) is 0 Å². The van der Waals surface area contributed by atoms with Crippen LogP contribution in [-0.2, 0) is 0 Å². The Bertz CT molecular complexity index is 600. The summed E-state index contributed by atoms with van der Waals surface area (Å²) >= 11 is 6.00. The minimum Gasteiger partial charge on any atom is -0.397 e. The van der Waals surface area contributed by atoms with Crippen LogP contribution in [0.5, 0.6) is 0 Å². The number of carbonyl (C=O) groups is 1. The lowest BCUT2D eigenvalue weighted by Gasteiger charge is -2.09. The van der Waals surface area contributed by atoms with E-state index in [4.69, 9.17) is 23.1 Å². The van der Waals surface area contributed by atoms with Gasteiger partial charge >= 0.3 is 0 Å². The molecule has 0 fully saturated rings. The van der Waals surface area contributed by atoms with Gasteiger partial charge in [-0.15, -0.1) is 0 Å². The lowest BCUT2D eigenvalue weighted by molar-refractivity contribution is 0.100. The molecule has 0 saturated carbocycles. The van der Waals surface area contributed by atoms with Crippen molar-refractivity contribution in [1.82, 2.24) is 4.98 Å². The Morgan fingerprint density at radius 1 is 1.33 bits per heavy atom. The molecule has 5 nitrogen and oxygen atoms in total. The van der Waals surface area contributed by atoms with Crippen molar-refractivity contribution in [3.05, 3.63) is 47.1 Å². The number of nitrogens with zero attached hydrogens (tertiary/aromatic N) is 1. The first-order valence-electron chi connectivity index (χ1n) is 5.15. The average molecular weight is 263 g/mol. The Kier molecular flexibility index (Phi) is 3.34. The highest BCUT2D eigenvalue weighted by molar-refractivity contribution is 6.33. The van der Waals surface area contributed by atoms with E-state index in [0.29, 0.717) is 16.5 Å². The van der Waals surface area contributed by atoms with Crippen molar-refractivity contribution in [2.75, 3.05) is 11.1 Å². The third-order valence-electron chi connectivity index (χ3n) is 2.34. The Balaban J connectivity index is 2.33. The van der Waals surface area contributed by atoms with Crippen LogP contribution >= 0.6 is 11.6 Å². The summed E-state index contributed by atoms with van der Waals surface area (Å²) in [5.74, 6) is -0.150. The fraction of sp³-hybridized carbons (Fsp3) is 0. The van der Waals surface area contributed by atoms with E-state index in [-0.39, 0.29) is 11.3 Å². The van der Waals surface area contributed by atoms with Gasteiger partial charge in [-0.25, -0.2) is 4.98 Å². The number of pyridine rings is 1. The second-order valence-electron chi connectivity index (χ2n) is 3.63. The predicted octanol–water partition coefficient (Wildman–Crippen LogP) is 2.16. The molecule has 0 unspecified atom stereocenters. The maximum absolute atomic E-state index is 11.2. The number of nitrogen functional groups attached to an aromatic ring is 1. The fourth-order valence-electron chi connectivity index (χ4n) is 1.45. The summed E-state index contributed by atoms with van der Waals surface area (Å²) < 4.78 is 0. The smallest absolute Gasteiger partial charge is 0.250 e. The summed E-state index contributed by atoms with van der Waals surface area (Å²) in [4.78, 5) is 15.2. The van der Waals surface area contributed by atoms with E-state index in [0.717, 1.165) is 0 Å². The molecule has 0 atom stereocenters. The number of carbonyl (C=O) groups excluding carboxylic acids is 1. The van der Waals surface area contributed by atoms with Crippen LogP contribution in [0.3, 0.4) is 0 Å². The molecule has 0 aliphatic heterocycles. The molecular weight excluding hydrogens is 252 g/mol. The highest BCUT2D eigenvalue weighted by atomic mass is 35.5. The predicted molar refractivity (Wildman–Crippen MR) is 71.9 cm³/mol. The molecule has 1 aromatic heterocycles. The summed E-state index contributed by atoms with van der Waals surface area (Å²) in [5, 5.41) is 3.54. The molecule has 0 saturated heterocycles. The standard InChI is InChI=1S/C12H11ClN4O/c13-8-3-1-2-4-10(8)17-11-5-7(12(15)18)9(14)6-16-11/h1-6H,14H2,(H2,15,18)(H,16,17). The maximum Gasteiger partial charge on any atom is 0.250 e. The summed E-state index contributed by atoms with van der Waals surface area (Å²) in [7, 11) is 0. The minimum atomic E-state index is -0.600. The second kappa shape index (κ2) is 4.93. The molecule has 6 heteroatoms. The zero-order valence-corrected chi connectivity index (χ0v) is 10.1. The third-order valence-corrected chi connectivity index (χ3v) is 2.67. The van der Waals surface area contributed by atoms with E-state index in [9.17, 15) is 4.79 Å². The lowest BCUT2D eigenvalue weighted by atomic mass is 10.2. The number of benzene rings is 1. The lowest BCUT2D eigenvalue weighted by Crippen LogP contribution is -2.14. The molecule has 0 radical (unpaired) electrons. The van der Waals surface area contributed by atoms with Crippen LogP contribution in [0.4, 0.5) is 17.2 Å². The molecule has 2 rings (SSSR count). The largest absolute Gasteiger partial charge is 0.397 e. The molecule has 92 valence electrons. The van der Waals surface area contributed by atoms with E-state index < -0.39 is 5.91 Å². The number of amides is 1. The molecular formula is C12H11ClN4O. The number of nitrogens with one attached hydrogen (secondary N) is 1. The number of hydrogen-bond acceptors (Lipinski definition) is 4. The molecule has 0 bridgehead atoms. The molecule has 1 amide bonds. The van der Waals surface area contributed by atoms with Gasteiger partial charge in [0, 0.05) is 0 Å². The van der Waals surface area contributed by atoms with E-state index in [1.54, 1.807) is 12.1 Å². The van der Waals surface area contributed by atoms with Crippen molar-refractivity contribution in [1.29, 1.82) is 0 Å². The Labute approximate surface area is 109 Å². The molecule has 18 heavy (non-hydrogen) atoms. The van der Waals surface area contributed by atoms with Crippen LogP contribution in [0.25, 0.3) is 0 Å². The summed E-state index contributed by atoms with van der Waals surface area (Å²) in [5.41, 5.74) is 12.0. The minimum absolute atomic E-state index is 0.222. The number of nitrogens with two attached hydrogens (primary N) is 2. The van der Waals surface area contributed by atoms with Crippen molar-refractivity contribution in [3.8, 4) is 0 Å².